The Labute approximate surface area is 130 Å². The van der Waals surface area contributed by atoms with Gasteiger partial charge >= 0.3 is 5.63 Å². The maximum absolute atomic E-state index is 11.8. The number of hydrogen-bond donors (Lipinski definition) is 1. The van der Waals surface area contributed by atoms with Gasteiger partial charge in [-0.25, -0.2) is 4.79 Å². The van der Waals surface area contributed by atoms with Crippen molar-refractivity contribution in [3.8, 4) is 0 Å². The molecule has 0 bridgehead atoms. The van der Waals surface area contributed by atoms with E-state index in [1.54, 1.807) is 19.0 Å². The first-order valence-corrected chi connectivity index (χ1v) is 7.47. The number of nitrogens with zero attached hydrogens (tertiary/aromatic N) is 1. The molecule has 1 aromatic heterocycles. The fraction of sp³-hybridized carbons (Fsp3) is 0.412. The van der Waals surface area contributed by atoms with Crippen LogP contribution < -0.4 is 10.5 Å². The van der Waals surface area contributed by atoms with Gasteiger partial charge in [0.05, 0.1) is 7.05 Å². The molecular weight excluding hydrogens is 280 g/mol. The maximum Gasteiger partial charge on any atom is 0.336 e. The number of nitrogens with one attached hydrogen (secondary N) is 1. The summed E-state index contributed by atoms with van der Waals surface area (Å²) in [7, 11) is 5.44. The fourth-order valence-corrected chi connectivity index (χ4v) is 2.44. The van der Waals surface area contributed by atoms with Crippen LogP contribution in [0.3, 0.4) is 0 Å². The molecule has 1 unspecified atom stereocenters. The van der Waals surface area contributed by atoms with Gasteiger partial charge in [-0.2, -0.15) is 0 Å². The highest BCUT2D eigenvalue weighted by Crippen LogP contribution is 2.18. The second-order valence-electron chi connectivity index (χ2n) is 5.87. The van der Waals surface area contributed by atoms with E-state index in [1.807, 2.05) is 25.2 Å². The van der Waals surface area contributed by atoms with Gasteiger partial charge in [-0.05, 0) is 18.1 Å². The van der Waals surface area contributed by atoms with Crippen molar-refractivity contribution in [3.63, 3.8) is 0 Å². The standard InChI is InChI=1S/C17H22N2O3/c1-5-12-6-7-14-13(9-17(21)22-15(14)8-12)10-19(4)11-16(20)18(2)3/h6-9H,5,10-11H2,1-4H3/p+1. The summed E-state index contributed by atoms with van der Waals surface area (Å²) in [5.74, 6) is 0.0676. The summed E-state index contributed by atoms with van der Waals surface area (Å²) in [6.45, 7) is 3.06. The number of hydrogen-bond acceptors (Lipinski definition) is 3. The van der Waals surface area contributed by atoms with Gasteiger partial charge in [-0.15, -0.1) is 0 Å². The number of benzene rings is 1. The molecule has 0 spiro atoms. The fourth-order valence-electron chi connectivity index (χ4n) is 2.44. The predicted molar refractivity (Wildman–Crippen MR) is 86.0 cm³/mol. The minimum atomic E-state index is -0.345. The Hall–Kier alpha value is -2.14. The quantitative estimate of drug-likeness (QED) is 0.817. The first-order chi connectivity index (χ1) is 10.4. The van der Waals surface area contributed by atoms with Gasteiger partial charge in [0.1, 0.15) is 12.1 Å². The largest absolute Gasteiger partial charge is 0.423 e. The van der Waals surface area contributed by atoms with Crippen molar-refractivity contribution in [1.29, 1.82) is 0 Å². The molecule has 1 heterocycles. The van der Waals surface area contributed by atoms with E-state index in [4.69, 9.17) is 4.42 Å². The summed E-state index contributed by atoms with van der Waals surface area (Å²) in [5.41, 5.74) is 2.32. The molecule has 1 amide bonds. The zero-order chi connectivity index (χ0) is 16.3. The van der Waals surface area contributed by atoms with E-state index < -0.39 is 0 Å². The first-order valence-electron chi connectivity index (χ1n) is 7.47. The zero-order valence-electron chi connectivity index (χ0n) is 13.6. The van der Waals surface area contributed by atoms with Crippen molar-refractivity contribution in [2.45, 2.75) is 19.9 Å². The second kappa shape index (κ2) is 6.75. The lowest BCUT2D eigenvalue weighted by molar-refractivity contribution is -0.885. The third kappa shape index (κ3) is 3.74. The number of fused-ring (bicyclic) bond motifs is 1. The van der Waals surface area contributed by atoms with Gasteiger partial charge in [-0.3, -0.25) is 4.79 Å². The molecule has 0 aliphatic heterocycles. The normalized spacial score (nSPS) is 12.4. The van der Waals surface area contributed by atoms with Gasteiger partial charge in [0, 0.05) is 31.1 Å². The van der Waals surface area contributed by atoms with Crippen molar-refractivity contribution < 1.29 is 14.1 Å². The Kier molecular flexibility index (Phi) is 4.98. The van der Waals surface area contributed by atoms with Crippen molar-refractivity contribution in [2.24, 2.45) is 0 Å². The van der Waals surface area contributed by atoms with Crippen LogP contribution in [0.1, 0.15) is 18.1 Å². The van der Waals surface area contributed by atoms with Crippen LogP contribution in [0.2, 0.25) is 0 Å². The smallest absolute Gasteiger partial charge is 0.336 e. The molecule has 2 rings (SSSR count). The van der Waals surface area contributed by atoms with Gasteiger partial charge in [0.25, 0.3) is 5.91 Å². The number of carbonyl (C=O) groups is 1. The Morgan fingerprint density at radius 3 is 2.64 bits per heavy atom. The molecule has 0 aliphatic rings. The van der Waals surface area contributed by atoms with E-state index in [0.717, 1.165) is 27.8 Å². The molecular formula is C17H23N2O3+. The molecule has 1 N–H and O–H groups in total. The highest BCUT2D eigenvalue weighted by molar-refractivity contribution is 5.80. The molecule has 0 saturated heterocycles. The summed E-state index contributed by atoms with van der Waals surface area (Å²) in [4.78, 5) is 26.2. The monoisotopic (exact) mass is 303 g/mol. The maximum atomic E-state index is 11.8. The predicted octanol–water partition coefficient (Wildman–Crippen LogP) is 0.458. The molecule has 0 radical (unpaired) electrons. The summed E-state index contributed by atoms with van der Waals surface area (Å²) in [6, 6.07) is 7.48. The number of likely N-dealkylation sites (N-methyl/N-ethyl adjacent to an activating group) is 2. The Balaban J connectivity index is 2.31. The highest BCUT2D eigenvalue weighted by atomic mass is 16.4. The van der Waals surface area contributed by atoms with Crippen LogP contribution in [-0.2, 0) is 17.8 Å². The molecule has 118 valence electrons. The van der Waals surface area contributed by atoms with Crippen LogP contribution in [0.5, 0.6) is 0 Å². The Morgan fingerprint density at radius 2 is 2.00 bits per heavy atom. The molecule has 5 nitrogen and oxygen atoms in total. The number of quaternary nitrogens is 1. The molecule has 0 fully saturated rings. The number of amides is 1. The second-order valence-corrected chi connectivity index (χ2v) is 5.87. The molecule has 1 atom stereocenters. The van der Waals surface area contributed by atoms with E-state index in [0.29, 0.717) is 18.7 Å². The van der Waals surface area contributed by atoms with Crippen molar-refractivity contribution in [2.75, 3.05) is 27.7 Å². The topological polar surface area (TPSA) is 55.0 Å². The Bertz CT molecular complexity index is 734. The van der Waals surface area contributed by atoms with Crippen molar-refractivity contribution in [1.82, 2.24) is 4.90 Å². The van der Waals surface area contributed by atoms with Crippen LogP contribution >= 0.6 is 0 Å². The lowest BCUT2D eigenvalue weighted by Crippen LogP contribution is -3.08. The molecule has 5 heteroatoms. The SMILES string of the molecule is CCc1ccc2c(C[NH+](C)CC(=O)N(C)C)cc(=O)oc2c1. The summed E-state index contributed by atoms with van der Waals surface area (Å²) < 4.78 is 5.31. The van der Waals surface area contributed by atoms with Crippen molar-refractivity contribution >= 4 is 16.9 Å². The van der Waals surface area contributed by atoms with E-state index in [1.165, 1.54) is 6.07 Å². The Morgan fingerprint density at radius 1 is 1.27 bits per heavy atom. The van der Waals surface area contributed by atoms with E-state index >= 15 is 0 Å². The van der Waals surface area contributed by atoms with Gasteiger partial charge < -0.3 is 14.2 Å². The number of aryl methyl sites for hydroxylation is 1. The average Bonchev–Trinajstić information content (AvgIpc) is 2.45. The minimum Gasteiger partial charge on any atom is -0.423 e. The van der Waals surface area contributed by atoms with E-state index in [-0.39, 0.29) is 11.5 Å². The molecule has 1 aromatic carbocycles. The molecule has 22 heavy (non-hydrogen) atoms. The van der Waals surface area contributed by atoms with Crippen LogP contribution in [-0.4, -0.2) is 38.5 Å². The van der Waals surface area contributed by atoms with Crippen LogP contribution in [0.25, 0.3) is 11.0 Å². The summed E-state index contributed by atoms with van der Waals surface area (Å²) in [6.07, 6.45) is 0.895. The third-order valence-corrected chi connectivity index (χ3v) is 3.75. The zero-order valence-corrected chi connectivity index (χ0v) is 13.6. The van der Waals surface area contributed by atoms with Gasteiger partial charge in [-0.1, -0.05) is 19.1 Å². The molecule has 0 saturated carbocycles. The highest BCUT2D eigenvalue weighted by Gasteiger charge is 2.15. The first kappa shape index (κ1) is 16.2. The lowest BCUT2D eigenvalue weighted by atomic mass is 10.1. The minimum absolute atomic E-state index is 0.0676. The number of rotatable bonds is 5. The lowest BCUT2D eigenvalue weighted by Gasteiger charge is -2.17. The van der Waals surface area contributed by atoms with Crippen molar-refractivity contribution in [3.05, 3.63) is 45.8 Å². The molecule has 0 aliphatic carbocycles. The van der Waals surface area contributed by atoms with Crippen LogP contribution in [0, 0.1) is 0 Å². The van der Waals surface area contributed by atoms with Crippen LogP contribution in [0.4, 0.5) is 0 Å². The average molecular weight is 303 g/mol. The van der Waals surface area contributed by atoms with Gasteiger partial charge in [0.2, 0.25) is 0 Å². The van der Waals surface area contributed by atoms with E-state index in [2.05, 4.69) is 6.92 Å². The summed E-state index contributed by atoms with van der Waals surface area (Å²) >= 11 is 0. The molecule has 2 aromatic rings. The van der Waals surface area contributed by atoms with Crippen LogP contribution in [0.15, 0.2) is 33.5 Å². The van der Waals surface area contributed by atoms with Gasteiger partial charge in [0.15, 0.2) is 6.54 Å². The van der Waals surface area contributed by atoms with E-state index in [9.17, 15) is 9.59 Å². The summed E-state index contributed by atoms with van der Waals surface area (Å²) in [5, 5.41) is 0.938. The third-order valence-electron chi connectivity index (χ3n) is 3.75. The number of carbonyl (C=O) groups excluding carboxylic acids is 1.